The number of fused-ring (bicyclic) bond motifs is 3. The Morgan fingerprint density at radius 1 is 0.968 bits per heavy atom. The first-order valence-electron chi connectivity index (χ1n) is 10.0. The number of amides is 1. The fraction of sp³-hybridized carbons (Fsp3) is 0.0769. The molecule has 152 valence electrons. The topological polar surface area (TPSA) is 70.1 Å². The number of carbonyl (C=O) groups excluding carboxylic acids is 1. The average Bonchev–Trinajstić information content (AvgIpc) is 3.12. The standard InChI is InChI=1S/C26H21N3O2/c1-31-20-10-7-18(8-11-20)19-9-12-21-24(14-19)29(16-17-4-3-13-28-15-17)23-6-2-5-22(25(21)23)26(27)30/h2-15H,16H2,1H3,(H2,27,30). The maximum Gasteiger partial charge on any atom is 0.249 e. The maximum atomic E-state index is 12.2. The highest BCUT2D eigenvalue weighted by atomic mass is 16.5. The van der Waals surface area contributed by atoms with Gasteiger partial charge in [0.2, 0.25) is 5.91 Å². The van der Waals surface area contributed by atoms with Gasteiger partial charge in [0, 0.05) is 35.3 Å². The molecule has 5 rings (SSSR count). The van der Waals surface area contributed by atoms with E-state index in [0.717, 1.165) is 44.2 Å². The third-order valence-electron chi connectivity index (χ3n) is 5.64. The van der Waals surface area contributed by atoms with Gasteiger partial charge < -0.3 is 15.0 Å². The fourth-order valence-electron chi connectivity index (χ4n) is 4.16. The van der Waals surface area contributed by atoms with Crippen LogP contribution in [0.5, 0.6) is 5.75 Å². The molecule has 0 bridgehead atoms. The van der Waals surface area contributed by atoms with Crippen molar-refractivity contribution in [2.24, 2.45) is 5.73 Å². The van der Waals surface area contributed by atoms with E-state index in [-0.39, 0.29) is 0 Å². The summed E-state index contributed by atoms with van der Waals surface area (Å²) in [6.07, 6.45) is 3.63. The molecule has 2 N–H and O–H groups in total. The summed E-state index contributed by atoms with van der Waals surface area (Å²) < 4.78 is 7.51. The molecular formula is C26H21N3O2. The van der Waals surface area contributed by atoms with Crippen molar-refractivity contribution in [3.8, 4) is 16.9 Å². The molecule has 5 aromatic rings. The minimum atomic E-state index is -0.426. The van der Waals surface area contributed by atoms with Crippen LogP contribution in [0, 0.1) is 0 Å². The van der Waals surface area contributed by atoms with Gasteiger partial charge in [-0.05, 0) is 53.1 Å². The molecule has 2 aromatic heterocycles. The summed E-state index contributed by atoms with van der Waals surface area (Å²) >= 11 is 0. The summed E-state index contributed by atoms with van der Waals surface area (Å²) in [7, 11) is 1.66. The van der Waals surface area contributed by atoms with Crippen molar-refractivity contribution in [3.05, 3.63) is 96.3 Å². The summed E-state index contributed by atoms with van der Waals surface area (Å²) in [5, 5.41) is 1.89. The number of methoxy groups -OCH3 is 1. The number of primary amides is 1. The van der Waals surface area contributed by atoms with E-state index in [4.69, 9.17) is 10.5 Å². The minimum Gasteiger partial charge on any atom is -0.497 e. The largest absolute Gasteiger partial charge is 0.497 e. The van der Waals surface area contributed by atoms with Crippen LogP contribution in [0.3, 0.4) is 0 Å². The van der Waals surface area contributed by atoms with Crippen molar-refractivity contribution in [1.29, 1.82) is 0 Å². The van der Waals surface area contributed by atoms with Crippen LogP contribution in [-0.2, 0) is 6.54 Å². The molecule has 0 aliphatic rings. The monoisotopic (exact) mass is 407 g/mol. The van der Waals surface area contributed by atoms with Crippen molar-refractivity contribution in [1.82, 2.24) is 9.55 Å². The molecule has 0 spiro atoms. The van der Waals surface area contributed by atoms with Crippen LogP contribution in [0.15, 0.2) is 85.2 Å². The predicted octanol–water partition coefficient (Wildman–Crippen LogP) is 5.01. The smallest absolute Gasteiger partial charge is 0.249 e. The zero-order chi connectivity index (χ0) is 21.4. The zero-order valence-electron chi connectivity index (χ0n) is 17.1. The number of pyridine rings is 1. The van der Waals surface area contributed by atoms with E-state index in [0.29, 0.717) is 12.1 Å². The van der Waals surface area contributed by atoms with Crippen LogP contribution in [0.2, 0.25) is 0 Å². The third-order valence-corrected chi connectivity index (χ3v) is 5.64. The third kappa shape index (κ3) is 3.30. The molecule has 0 saturated carbocycles. The molecular weight excluding hydrogens is 386 g/mol. The fourth-order valence-corrected chi connectivity index (χ4v) is 4.16. The quantitative estimate of drug-likeness (QED) is 0.445. The van der Waals surface area contributed by atoms with Gasteiger partial charge in [-0.15, -0.1) is 0 Å². The van der Waals surface area contributed by atoms with Crippen LogP contribution >= 0.6 is 0 Å². The van der Waals surface area contributed by atoms with E-state index >= 15 is 0 Å². The van der Waals surface area contributed by atoms with Crippen LogP contribution in [0.25, 0.3) is 32.9 Å². The van der Waals surface area contributed by atoms with Gasteiger partial charge >= 0.3 is 0 Å². The SMILES string of the molecule is COc1ccc(-c2ccc3c4c(C(N)=O)cccc4n(Cc4cccnc4)c3c2)cc1. The Balaban J connectivity index is 1.77. The molecule has 31 heavy (non-hydrogen) atoms. The van der Waals surface area contributed by atoms with Gasteiger partial charge in [0.25, 0.3) is 0 Å². The van der Waals surface area contributed by atoms with Crippen molar-refractivity contribution in [2.75, 3.05) is 7.11 Å². The average molecular weight is 407 g/mol. The lowest BCUT2D eigenvalue weighted by Crippen LogP contribution is -2.11. The van der Waals surface area contributed by atoms with Gasteiger partial charge in [-0.25, -0.2) is 0 Å². The Morgan fingerprint density at radius 2 is 1.77 bits per heavy atom. The first kappa shape index (κ1) is 18.9. The van der Waals surface area contributed by atoms with Crippen LogP contribution < -0.4 is 10.5 Å². The lowest BCUT2D eigenvalue weighted by atomic mass is 10.0. The minimum absolute atomic E-state index is 0.426. The van der Waals surface area contributed by atoms with Crippen molar-refractivity contribution in [2.45, 2.75) is 6.54 Å². The molecule has 0 fully saturated rings. The molecule has 0 aliphatic carbocycles. The lowest BCUT2D eigenvalue weighted by Gasteiger charge is -2.09. The van der Waals surface area contributed by atoms with Gasteiger partial charge in [-0.1, -0.05) is 36.4 Å². The zero-order valence-corrected chi connectivity index (χ0v) is 17.1. The molecule has 1 amide bonds. The highest BCUT2D eigenvalue weighted by Gasteiger charge is 2.17. The van der Waals surface area contributed by atoms with E-state index in [1.165, 1.54) is 0 Å². The number of benzene rings is 3. The second-order valence-electron chi connectivity index (χ2n) is 7.47. The number of hydrogen-bond donors (Lipinski definition) is 1. The number of aromatic nitrogens is 2. The summed E-state index contributed by atoms with van der Waals surface area (Å²) in [4.78, 5) is 16.4. The Morgan fingerprint density at radius 3 is 2.48 bits per heavy atom. The Hall–Kier alpha value is -4.12. The van der Waals surface area contributed by atoms with Crippen molar-refractivity contribution >= 4 is 27.7 Å². The number of nitrogens with zero attached hydrogens (tertiary/aromatic N) is 2. The van der Waals surface area contributed by atoms with E-state index in [2.05, 4.69) is 33.8 Å². The Kier molecular flexibility index (Phi) is 4.64. The predicted molar refractivity (Wildman–Crippen MR) is 123 cm³/mol. The molecule has 5 nitrogen and oxygen atoms in total. The van der Waals surface area contributed by atoms with Gasteiger partial charge in [0.15, 0.2) is 0 Å². The molecule has 0 unspecified atom stereocenters. The maximum absolute atomic E-state index is 12.2. The van der Waals surface area contributed by atoms with Gasteiger partial charge in [0.1, 0.15) is 5.75 Å². The number of nitrogens with two attached hydrogens (primary N) is 1. The molecule has 2 heterocycles. The summed E-state index contributed by atoms with van der Waals surface area (Å²) in [6.45, 7) is 0.641. The highest BCUT2D eigenvalue weighted by Crippen LogP contribution is 2.35. The Bertz CT molecular complexity index is 1400. The van der Waals surface area contributed by atoms with Gasteiger partial charge in [-0.2, -0.15) is 0 Å². The number of ether oxygens (including phenoxy) is 1. The normalized spacial score (nSPS) is 11.1. The first-order chi connectivity index (χ1) is 15.2. The molecule has 3 aromatic carbocycles. The highest BCUT2D eigenvalue weighted by molar-refractivity contribution is 6.18. The molecule has 0 aliphatic heterocycles. The summed E-state index contributed by atoms with van der Waals surface area (Å²) in [6, 6.07) is 24.0. The van der Waals surface area contributed by atoms with E-state index in [1.807, 2.05) is 48.7 Å². The number of carbonyl (C=O) groups is 1. The van der Waals surface area contributed by atoms with Crippen molar-refractivity contribution in [3.63, 3.8) is 0 Å². The van der Waals surface area contributed by atoms with Crippen LogP contribution in [-0.4, -0.2) is 22.6 Å². The van der Waals surface area contributed by atoms with E-state index in [1.54, 1.807) is 19.4 Å². The molecule has 0 saturated heterocycles. The van der Waals surface area contributed by atoms with Gasteiger partial charge in [0.05, 0.1) is 18.1 Å². The van der Waals surface area contributed by atoms with Crippen LogP contribution in [0.4, 0.5) is 0 Å². The molecule has 0 atom stereocenters. The molecule has 0 radical (unpaired) electrons. The van der Waals surface area contributed by atoms with E-state index < -0.39 is 5.91 Å². The summed E-state index contributed by atoms with van der Waals surface area (Å²) in [5.41, 5.74) is 11.5. The second-order valence-corrected chi connectivity index (χ2v) is 7.47. The number of rotatable bonds is 5. The first-order valence-corrected chi connectivity index (χ1v) is 10.0. The molecule has 5 heteroatoms. The van der Waals surface area contributed by atoms with E-state index in [9.17, 15) is 4.79 Å². The second kappa shape index (κ2) is 7.61. The number of hydrogen-bond acceptors (Lipinski definition) is 3. The van der Waals surface area contributed by atoms with Crippen molar-refractivity contribution < 1.29 is 9.53 Å². The summed E-state index contributed by atoms with van der Waals surface area (Å²) in [5.74, 6) is 0.395. The Labute approximate surface area is 179 Å². The van der Waals surface area contributed by atoms with Crippen LogP contribution in [0.1, 0.15) is 15.9 Å². The van der Waals surface area contributed by atoms with Gasteiger partial charge in [-0.3, -0.25) is 9.78 Å². The lowest BCUT2D eigenvalue weighted by molar-refractivity contribution is 0.100.